The van der Waals surface area contributed by atoms with E-state index in [1.165, 1.54) is 17.8 Å². The summed E-state index contributed by atoms with van der Waals surface area (Å²) in [6.45, 7) is 0. The minimum atomic E-state index is -0.398. The standard InChI is InChI=1S/C21H17N3O3S/c1-23-11-10-22-21(23)28-19-9-6-14(13-18(19)24(26)27)12-16-8-7-15-4-2-3-5-17(15)20(16)25/h2-6,9-13H,7-8H2,1H3/b16-12-. The second-order valence-electron chi connectivity index (χ2n) is 6.56. The van der Waals surface area contributed by atoms with Gasteiger partial charge in [-0.1, -0.05) is 30.3 Å². The van der Waals surface area contributed by atoms with E-state index in [9.17, 15) is 14.9 Å². The van der Waals surface area contributed by atoms with Crippen LogP contribution in [0.5, 0.6) is 0 Å². The predicted octanol–water partition coefficient (Wildman–Crippen LogP) is 4.69. The van der Waals surface area contributed by atoms with Gasteiger partial charge in [0, 0.05) is 36.6 Å². The van der Waals surface area contributed by atoms with Crippen LogP contribution in [-0.4, -0.2) is 20.3 Å². The third-order valence-corrected chi connectivity index (χ3v) is 5.86. The molecule has 0 atom stereocenters. The molecule has 2 aromatic carbocycles. The van der Waals surface area contributed by atoms with E-state index in [1.54, 1.807) is 30.6 Å². The van der Waals surface area contributed by atoms with Crippen molar-refractivity contribution in [2.45, 2.75) is 22.9 Å². The van der Waals surface area contributed by atoms with Gasteiger partial charge in [0.25, 0.3) is 5.69 Å². The molecule has 0 aliphatic heterocycles. The van der Waals surface area contributed by atoms with Gasteiger partial charge in [-0.3, -0.25) is 14.9 Å². The van der Waals surface area contributed by atoms with Crippen LogP contribution in [0.2, 0.25) is 0 Å². The first-order valence-electron chi connectivity index (χ1n) is 8.80. The average molecular weight is 391 g/mol. The summed E-state index contributed by atoms with van der Waals surface area (Å²) in [5.74, 6) is -0.00374. The fraction of sp³-hybridized carbons (Fsp3) is 0.143. The van der Waals surface area contributed by atoms with Crippen molar-refractivity contribution in [3.8, 4) is 0 Å². The van der Waals surface area contributed by atoms with Gasteiger partial charge >= 0.3 is 0 Å². The smallest absolute Gasteiger partial charge is 0.283 e. The minimum absolute atomic E-state index is 0.00374. The van der Waals surface area contributed by atoms with Crippen LogP contribution in [0.1, 0.15) is 27.9 Å². The average Bonchev–Trinajstić information content (AvgIpc) is 3.10. The summed E-state index contributed by atoms with van der Waals surface area (Å²) < 4.78 is 1.81. The van der Waals surface area contributed by atoms with Crippen molar-refractivity contribution in [1.82, 2.24) is 9.55 Å². The lowest BCUT2D eigenvalue weighted by molar-refractivity contribution is -0.387. The number of hydrogen-bond acceptors (Lipinski definition) is 5. The Kier molecular flexibility index (Phi) is 4.83. The number of allylic oxidation sites excluding steroid dienone is 1. The Balaban J connectivity index is 1.67. The molecular weight excluding hydrogens is 374 g/mol. The molecule has 6 nitrogen and oxygen atoms in total. The molecule has 0 spiro atoms. The maximum absolute atomic E-state index is 12.7. The van der Waals surface area contributed by atoms with Crippen LogP contribution in [-0.2, 0) is 13.5 Å². The first-order valence-corrected chi connectivity index (χ1v) is 9.61. The molecule has 0 saturated carbocycles. The number of fused-ring (bicyclic) bond motifs is 1. The number of rotatable bonds is 4. The van der Waals surface area contributed by atoms with Gasteiger partial charge in [0.15, 0.2) is 10.9 Å². The van der Waals surface area contributed by atoms with Crippen molar-refractivity contribution < 1.29 is 9.72 Å². The van der Waals surface area contributed by atoms with E-state index in [-0.39, 0.29) is 11.5 Å². The van der Waals surface area contributed by atoms with Gasteiger partial charge in [-0.2, -0.15) is 0 Å². The SMILES string of the molecule is Cn1ccnc1Sc1ccc(/C=C2/CCc3ccccc3C2=O)cc1[N+](=O)[O-]. The van der Waals surface area contributed by atoms with Crippen molar-refractivity contribution >= 4 is 29.3 Å². The van der Waals surface area contributed by atoms with Crippen molar-refractivity contribution in [1.29, 1.82) is 0 Å². The normalized spacial score (nSPS) is 14.9. The number of carbonyl (C=O) groups is 1. The first-order chi connectivity index (χ1) is 13.5. The minimum Gasteiger partial charge on any atom is -0.329 e. The molecular formula is C21H17N3O3S. The summed E-state index contributed by atoms with van der Waals surface area (Å²) in [4.78, 5) is 28.6. The zero-order chi connectivity index (χ0) is 19.7. The number of aromatic nitrogens is 2. The monoisotopic (exact) mass is 391 g/mol. The van der Waals surface area contributed by atoms with Crippen LogP contribution in [0.4, 0.5) is 5.69 Å². The van der Waals surface area contributed by atoms with Gasteiger partial charge < -0.3 is 4.57 Å². The molecule has 140 valence electrons. The van der Waals surface area contributed by atoms with E-state index < -0.39 is 4.92 Å². The number of Topliss-reactive ketones (excluding diaryl/α,β-unsaturated/α-hetero) is 1. The molecule has 0 saturated heterocycles. The Morgan fingerprint density at radius 2 is 2.04 bits per heavy atom. The van der Waals surface area contributed by atoms with Crippen LogP contribution in [0.15, 0.2) is 70.5 Å². The molecule has 1 heterocycles. The van der Waals surface area contributed by atoms with Crippen molar-refractivity contribution in [3.05, 3.63) is 87.2 Å². The van der Waals surface area contributed by atoms with Gasteiger partial charge in [-0.15, -0.1) is 0 Å². The Morgan fingerprint density at radius 3 is 2.79 bits per heavy atom. The highest BCUT2D eigenvalue weighted by Gasteiger charge is 2.22. The van der Waals surface area contributed by atoms with E-state index in [2.05, 4.69) is 4.98 Å². The number of nitro benzene ring substituents is 1. The molecule has 28 heavy (non-hydrogen) atoms. The van der Waals surface area contributed by atoms with Crippen LogP contribution in [0.25, 0.3) is 6.08 Å². The summed E-state index contributed by atoms with van der Waals surface area (Å²) in [5, 5.41) is 12.3. The largest absolute Gasteiger partial charge is 0.329 e. The molecule has 1 aliphatic rings. The molecule has 4 rings (SSSR count). The van der Waals surface area contributed by atoms with Crippen LogP contribution in [0, 0.1) is 10.1 Å². The van der Waals surface area contributed by atoms with Crippen LogP contribution >= 0.6 is 11.8 Å². The molecule has 0 bridgehead atoms. The summed E-state index contributed by atoms with van der Waals surface area (Å²) in [7, 11) is 1.84. The maximum atomic E-state index is 12.7. The number of benzene rings is 2. The lowest BCUT2D eigenvalue weighted by Gasteiger charge is -2.17. The Bertz CT molecular complexity index is 1120. The Labute approximate surface area is 166 Å². The first kappa shape index (κ1) is 18.2. The van der Waals surface area contributed by atoms with E-state index in [0.29, 0.717) is 27.6 Å². The highest BCUT2D eigenvalue weighted by molar-refractivity contribution is 7.99. The Morgan fingerprint density at radius 1 is 1.21 bits per heavy atom. The molecule has 0 N–H and O–H groups in total. The molecule has 3 aromatic rings. The van der Waals surface area contributed by atoms with Crippen LogP contribution in [0.3, 0.4) is 0 Å². The third-order valence-electron chi connectivity index (χ3n) is 4.72. The fourth-order valence-electron chi connectivity index (χ4n) is 3.26. The van der Waals surface area contributed by atoms with E-state index in [1.807, 2.05) is 35.9 Å². The van der Waals surface area contributed by atoms with Gasteiger partial charge in [0.2, 0.25) is 0 Å². The third kappa shape index (κ3) is 3.48. The highest BCUT2D eigenvalue weighted by Crippen LogP contribution is 2.35. The van der Waals surface area contributed by atoms with E-state index in [4.69, 9.17) is 0 Å². The summed E-state index contributed by atoms with van der Waals surface area (Å²) >= 11 is 1.24. The Hall–Kier alpha value is -3.19. The van der Waals surface area contributed by atoms with Gasteiger partial charge in [0.1, 0.15) is 0 Å². The quantitative estimate of drug-likeness (QED) is 0.366. The lowest BCUT2D eigenvalue weighted by atomic mass is 9.86. The second kappa shape index (κ2) is 7.44. The maximum Gasteiger partial charge on any atom is 0.283 e. The number of nitrogens with zero attached hydrogens (tertiary/aromatic N) is 3. The number of imidazole rings is 1. The molecule has 1 aromatic heterocycles. The predicted molar refractivity (Wildman–Crippen MR) is 107 cm³/mol. The van der Waals surface area contributed by atoms with Crippen molar-refractivity contribution in [2.75, 3.05) is 0 Å². The molecule has 0 unspecified atom stereocenters. The number of aryl methyl sites for hydroxylation is 2. The van der Waals surface area contributed by atoms with Crippen LogP contribution < -0.4 is 0 Å². The second-order valence-corrected chi connectivity index (χ2v) is 7.57. The number of ketones is 1. The van der Waals surface area contributed by atoms with Crippen molar-refractivity contribution in [3.63, 3.8) is 0 Å². The molecule has 0 amide bonds. The van der Waals surface area contributed by atoms with Gasteiger partial charge in [-0.25, -0.2) is 4.98 Å². The number of carbonyl (C=O) groups excluding carboxylic acids is 1. The van der Waals surface area contributed by atoms with E-state index in [0.717, 1.165) is 17.5 Å². The fourth-order valence-corrected chi connectivity index (χ4v) is 4.15. The zero-order valence-corrected chi connectivity index (χ0v) is 16.0. The molecule has 7 heteroatoms. The highest BCUT2D eigenvalue weighted by atomic mass is 32.2. The zero-order valence-electron chi connectivity index (χ0n) is 15.2. The van der Waals surface area contributed by atoms with Crippen molar-refractivity contribution in [2.24, 2.45) is 7.05 Å². The topological polar surface area (TPSA) is 78.0 Å². The lowest BCUT2D eigenvalue weighted by Crippen LogP contribution is -2.13. The van der Waals surface area contributed by atoms with E-state index >= 15 is 0 Å². The van der Waals surface area contributed by atoms with Gasteiger partial charge in [0.05, 0.1) is 9.82 Å². The summed E-state index contributed by atoms with van der Waals surface area (Å²) in [6, 6.07) is 12.6. The summed E-state index contributed by atoms with van der Waals surface area (Å²) in [6.07, 6.45) is 6.63. The molecule has 0 fully saturated rings. The number of nitro groups is 1. The molecule has 1 aliphatic carbocycles. The van der Waals surface area contributed by atoms with Gasteiger partial charge in [-0.05, 0) is 47.9 Å². The summed E-state index contributed by atoms with van der Waals surface area (Å²) in [5.41, 5.74) is 3.11. The number of hydrogen-bond donors (Lipinski definition) is 0. The molecule has 0 radical (unpaired) electrons.